The fraction of sp³-hybridized carbons (Fsp3) is 0.714. The maximum atomic E-state index is 13.0. The average Bonchev–Trinajstić information content (AvgIpc) is 2.67. The van der Waals surface area contributed by atoms with Crippen molar-refractivity contribution in [2.75, 3.05) is 33.3 Å². The summed E-state index contributed by atoms with van der Waals surface area (Å²) >= 11 is 0. The summed E-state index contributed by atoms with van der Waals surface area (Å²) in [4.78, 5) is 3.00. The maximum Gasteiger partial charge on any atom is 0.243 e. The minimum absolute atomic E-state index is 0.367. The molecule has 6 heteroatoms. The number of hydrogen-bond acceptors (Lipinski definition) is 4. The summed E-state index contributed by atoms with van der Waals surface area (Å²) < 4.78 is 32.8. The summed E-state index contributed by atoms with van der Waals surface area (Å²) in [6.45, 7) is 2.97. The van der Waals surface area contributed by atoms with Gasteiger partial charge in [-0.1, -0.05) is 0 Å². The summed E-state index contributed by atoms with van der Waals surface area (Å²) in [5.74, 6) is 4.39. The highest BCUT2D eigenvalue weighted by Crippen LogP contribution is 2.55. The van der Waals surface area contributed by atoms with Gasteiger partial charge in [-0.3, -0.25) is 4.90 Å². The lowest BCUT2D eigenvalue weighted by Crippen LogP contribution is -2.60. The van der Waals surface area contributed by atoms with Gasteiger partial charge >= 0.3 is 0 Å². The first-order valence-electron chi connectivity index (χ1n) is 10.4. The molecule has 1 aromatic carbocycles. The average molecular weight is 391 g/mol. The standard InChI is InChI=1S/C21H30N2O3S/c1-26-19-2-4-20(5-3-19)27(24,25)23-8-6-22(7-9-23)21-17-11-15-10-16(13-17)14-18(21)12-15/h2-5,15-18,21H,6-14H2,1H3. The van der Waals surface area contributed by atoms with Gasteiger partial charge < -0.3 is 4.74 Å². The maximum absolute atomic E-state index is 13.0. The Kier molecular flexibility index (Phi) is 4.49. The SMILES string of the molecule is COc1ccc(S(=O)(=O)N2CCN(C3C4CC5CC(C4)CC3C5)CC2)cc1. The van der Waals surface area contributed by atoms with Crippen molar-refractivity contribution in [2.24, 2.45) is 23.7 Å². The van der Waals surface area contributed by atoms with Crippen molar-refractivity contribution in [3.05, 3.63) is 24.3 Å². The molecule has 1 saturated heterocycles. The fourth-order valence-corrected chi connectivity index (χ4v) is 8.05. The highest BCUT2D eigenvalue weighted by Gasteiger charge is 2.50. The first kappa shape index (κ1) is 18.0. The van der Waals surface area contributed by atoms with Crippen LogP contribution in [0, 0.1) is 23.7 Å². The molecule has 4 aliphatic carbocycles. The fourth-order valence-electron chi connectivity index (χ4n) is 6.63. The second kappa shape index (κ2) is 6.75. The summed E-state index contributed by atoms with van der Waals surface area (Å²) in [7, 11) is -1.82. The van der Waals surface area contributed by atoms with Gasteiger partial charge in [0.2, 0.25) is 10.0 Å². The van der Waals surface area contributed by atoms with Crippen LogP contribution in [0.2, 0.25) is 0 Å². The molecule has 4 saturated carbocycles. The van der Waals surface area contributed by atoms with Crippen LogP contribution < -0.4 is 4.74 Å². The second-order valence-electron chi connectivity index (χ2n) is 9.04. The molecular formula is C21H30N2O3S. The number of rotatable bonds is 4. The molecule has 0 radical (unpaired) electrons. The minimum atomic E-state index is -3.41. The van der Waals surface area contributed by atoms with Crippen molar-refractivity contribution in [3.8, 4) is 5.75 Å². The molecule has 6 rings (SSSR count). The van der Waals surface area contributed by atoms with Crippen LogP contribution in [0.1, 0.15) is 32.1 Å². The van der Waals surface area contributed by atoms with E-state index in [0.29, 0.717) is 29.8 Å². The number of ether oxygens (including phenoxy) is 1. The molecule has 5 fully saturated rings. The number of piperazine rings is 1. The van der Waals surface area contributed by atoms with E-state index in [9.17, 15) is 8.42 Å². The number of hydrogen-bond donors (Lipinski definition) is 0. The minimum Gasteiger partial charge on any atom is -0.497 e. The van der Waals surface area contributed by atoms with Gasteiger partial charge in [0.15, 0.2) is 0 Å². The van der Waals surface area contributed by atoms with Gasteiger partial charge in [0.25, 0.3) is 0 Å². The van der Waals surface area contributed by atoms with E-state index in [1.54, 1.807) is 35.7 Å². The number of methoxy groups -OCH3 is 1. The van der Waals surface area contributed by atoms with E-state index in [2.05, 4.69) is 4.90 Å². The molecule has 1 aliphatic heterocycles. The Morgan fingerprint density at radius 2 is 1.41 bits per heavy atom. The van der Waals surface area contributed by atoms with E-state index >= 15 is 0 Å². The van der Waals surface area contributed by atoms with E-state index < -0.39 is 10.0 Å². The molecule has 4 bridgehead atoms. The van der Waals surface area contributed by atoms with Crippen LogP contribution in [0.5, 0.6) is 5.75 Å². The van der Waals surface area contributed by atoms with E-state index in [0.717, 1.165) is 36.8 Å². The molecule has 1 aromatic rings. The number of benzene rings is 1. The highest BCUT2D eigenvalue weighted by molar-refractivity contribution is 7.89. The van der Waals surface area contributed by atoms with Crippen molar-refractivity contribution in [2.45, 2.75) is 43.0 Å². The van der Waals surface area contributed by atoms with Crippen LogP contribution in [-0.4, -0.2) is 57.0 Å². The predicted octanol–water partition coefficient (Wildman–Crippen LogP) is 2.83. The van der Waals surface area contributed by atoms with Gasteiger partial charge in [-0.05, 0) is 80.0 Å². The van der Waals surface area contributed by atoms with Gasteiger partial charge in [-0.2, -0.15) is 4.31 Å². The van der Waals surface area contributed by atoms with Crippen LogP contribution in [0.4, 0.5) is 0 Å². The van der Waals surface area contributed by atoms with Gasteiger partial charge in [-0.25, -0.2) is 8.42 Å². The molecule has 148 valence electrons. The Balaban J connectivity index is 1.26. The van der Waals surface area contributed by atoms with Crippen LogP contribution in [0.25, 0.3) is 0 Å². The highest BCUT2D eigenvalue weighted by atomic mass is 32.2. The third kappa shape index (κ3) is 3.10. The van der Waals surface area contributed by atoms with Crippen LogP contribution in [0.15, 0.2) is 29.2 Å². The van der Waals surface area contributed by atoms with Crippen molar-refractivity contribution in [1.29, 1.82) is 0 Å². The van der Waals surface area contributed by atoms with Gasteiger partial charge in [0.1, 0.15) is 5.75 Å². The molecule has 0 spiro atoms. The number of nitrogens with zero attached hydrogens (tertiary/aromatic N) is 2. The Morgan fingerprint density at radius 3 is 1.93 bits per heavy atom. The monoisotopic (exact) mass is 390 g/mol. The Hall–Kier alpha value is -1.11. The molecule has 0 N–H and O–H groups in total. The van der Waals surface area contributed by atoms with Crippen molar-refractivity contribution in [3.63, 3.8) is 0 Å². The normalized spacial score (nSPS) is 36.9. The van der Waals surface area contributed by atoms with Crippen molar-refractivity contribution in [1.82, 2.24) is 9.21 Å². The first-order chi connectivity index (χ1) is 13.0. The van der Waals surface area contributed by atoms with Gasteiger partial charge in [-0.15, -0.1) is 0 Å². The molecule has 0 atom stereocenters. The van der Waals surface area contributed by atoms with Crippen LogP contribution in [-0.2, 0) is 10.0 Å². The summed E-state index contributed by atoms with van der Waals surface area (Å²) in [6.07, 6.45) is 7.15. The molecule has 0 amide bonds. The van der Waals surface area contributed by atoms with E-state index in [4.69, 9.17) is 4.74 Å². The van der Waals surface area contributed by atoms with Crippen molar-refractivity contribution >= 4 is 10.0 Å². The zero-order chi connectivity index (χ0) is 18.6. The molecular weight excluding hydrogens is 360 g/mol. The lowest BCUT2D eigenvalue weighted by molar-refractivity contribution is -0.0720. The first-order valence-corrected chi connectivity index (χ1v) is 11.9. The Labute approximate surface area is 162 Å². The quantitative estimate of drug-likeness (QED) is 0.793. The molecule has 0 unspecified atom stereocenters. The van der Waals surface area contributed by atoms with Gasteiger partial charge in [0.05, 0.1) is 12.0 Å². The van der Waals surface area contributed by atoms with E-state index in [-0.39, 0.29) is 0 Å². The molecule has 27 heavy (non-hydrogen) atoms. The Bertz CT molecular complexity index is 756. The second-order valence-corrected chi connectivity index (χ2v) is 11.0. The molecule has 5 aliphatic rings. The van der Waals surface area contributed by atoms with Gasteiger partial charge in [0, 0.05) is 32.2 Å². The third-order valence-corrected chi connectivity index (χ3v) is 9.48. The summed E-state index contributed by atoms with van der Waals surface area (Å²) in [5.41, 5.74) is 0. The van der Waals surface area contributed by atoms with Crippen LogP contribution in [0.3, 0.4) is 0 Å². The van der Waals surface area contributed by atoms with Crippen LogP contribution >= 0.6 is 0 Å². The summed E-state index contributed by atoms with van der Waals surface area (Å²) in [5, 5.41) is 0. The smallest absolute Gasteiger partial charge is 0.243 e. The Morgan fingerprint density at radius 1 is 0.852 bits per heavy atom. The lowest BCUT2D eigenvalue weighted by atomic mass is 9.54. The van der Waals surface area contributed by atoms with Crippen molar-refractivity contribution < 1.29 is 13.2 Å². The molecule has 0 aromatic heterocycles. The largest absolute Gasteiger partial charge is 0.497 e. The molecule has 5 nitrogen and oxygen atoms in total. The third-order valence-electron chi connectivity index (χ3n) is 7.57. The summed E-state index contributed by atoms with van der Waals surface area (Å²) in [6, 6.07) is 7.45. The van der Waals surface area contributed by atoms with E-state index in [1.165, 1.54) is 32.1 Å². The zero-order valence-electron chi connectivity index (χ0n) is 16.1. The molecule has 1 heterocycles. The number of sulfonamides is 1. The predicted molar refractivity (Wildman–Crippen MR) is 104 cm³/mol. The lowest BCUT2D eigenvalue weighted by Gasteiger charge is -2.58. The topological polar surface area (TPSA) is 49.9 Å². The van der Waals surface area contributed by atoms with E-state index in [1.807, 2.05) is 0 Å². The zero-order valence-corrected chi connectivity index (χ0v) is 16.9.